The van der Waals surface area contributed by atoms with E-state index in [0.717, 1.165) is 6.54 Å². The zero-order valence-electron chi connectivity index (χ0n) is 8.95. The molecule has 0 amide bonds. The molecule has 3 heteroatoms. The van der Waals surface area contributed by atoms with Crippen molar-refractivity contribution in [3.8, 4) is 0 Å². The molecule has 0 aromatic rings. The molecule has 1 saturated heterocycles. The van der Waals surface area contributed by atoms with Crippen LogP contribution < -0.4 is 5.32 Å². The Morgan fingerprint density at radius 1 is 1.62 bits per heavy atom. The van der Waals surface area contributed by atoms with Crippen molar-refractivity contribution in [3.05, 3.63) is 0 Å². The minimum absolute atomic E-state index is 0.233. The van der Waals surface area contributed by atoms with Crippen molar-refractivity contribution in [3.63, 3.8) is 0 Å². The molecule has 2 N–H and O–H groups in total. The Morgan fingerprint density at radius 3 is 2.77 bits per heavy atom. The minimum atomic E-state index is -0.233. The lowest BCUT2D eigenvalue weighted by atomic mass is 10.1. The number of likely N-dealkylation sites (N-methyl/N-ethyl adjacent to an activating group) is 1. The number of likely N-dealkylation sites (tertiary alicyclic amines) is 1. The number of rotatable bonds is 4. The summed E-state index contributed by atoms with van der Waals surface area (Å²) in [4.78, 5) is 2.47. The highest BCUT2D eigenvalue weighted by atomic mass is 16.3. The summed E-state index contributed by atoms with van der Waals surface area (Å²) in [6.45, 7) is 9.32. The van der Waals surface area contributed by atoms with Gasteiger partial charge in [0.2, 0.25) is 0 Å². The van der Waals surface area contributed by atoms with Gasteiger partial charge in [-0.3, -0.25) is 4.90 Å². The van der Waals surface area contributed by atoms with Gasteiger partial charge in [-0.1, -0.05) is 6.92 Å². The predicted octanol–water partition coefficient (Wildman–Crippen LogP) is 0.439. The average molecular weight is 186 g/mol. The number of aliphatic hydroxyl groups excluding tert-OH is 1. The fourth-order valence-electron chi connectivity index (χ4n) is 2.04. The molecule has 0 bridgehead atoms. The standard InChI is InChI=1S/C10H22N2O/c1-4-12-6-5-10(9(12)3)11-7-8(2)13/h8-11,13H,4-7H2,1-3H3. The van der Waals surface area contributed by atoms with Crippen LogP contribution in [0.1, 0.15) is 27.2 Å². The van der Waals surface area contributed by atoms with Gasteiger partial charge in [-0.2, -0.15) is 0 Å². The Bertz CT molecular complexity index is 150. The first-order valence-corrected chi connectivity index (χ1v) is 5.30. The molecule has 3 nitrogen and oxygen atoms in total. The van der Waals surface area contributed by atoms with E-state index in [0.29, 0.717) is 18.6 Å². The van der Waals surface area contributed by atoms with Crippen LogP contribution in [0.15, 0.2) is 0 Å². The molecule has 0 aromatic heterocycles. The van der Waals surface area contributed by atoms with Gasteiger partial charge >= 0.3 is 0 Å². The summed E-state index contributed by atoms with van der Waals surface area (Å²) in [5.74, 6) is 0. The SMILES string of the molecule is CCN1CCC(NCC(C)O)C1C. The van der Waals surface area contributed by atoms with Crippen molar-refractivity contribution in [2.75, 3.05) is 19.6 Å². The van der Waals surface area contributed by atoms with Crippen molar-refractivity contribution < 1.29 is 5.11 Å². The molecule has 13 heavy (non-hydrogen) atoms. The second kappa shape index (κ2) is 4.94. The molecule has 1 rings (SSSR count). The average Bonchev–Trinajstić information content (AvgIpc) is 2.43. The smallest absolute Gasteiger partial charge is 0.0636 e. The van der Waals surface area contributed by atoms with Crippen LogP contribution in [-0.2, 0) is 0 Å². The molecule has 1 aliphatic rings. The van der Waals surface area contributed by atoms with Gasteiger partial charge < -0.3 is 10.4 Å². The number of nitrogens with one attached hydrogen (secondary N) is 1. The minimum Gasteiger partial charge on any atom is -0.392 e. The lowest BCUT2D eigenvalue weighted by Gasteiger charge is -2.24. The van der Waals surface area contributed by atoms with Crippen LogP contribution in [0.3, 0.4) is 0 Å². The summed E-state index contributed by atoms with van der Waals surface area (Å²) < 4.78 is 0. The van der Waals surface area contributed by atoms with E-state index in [2.05, 4.69) is 24.1 Å². The van der Waals surface area contributed by atoms with Gasteiger partial charge in [0, 0.05) is 25.2 Å². The van der Waals surface area contributed by atoms with Gasteiger partial charge in [-0.15, -0.1) is 0 Å². The second-order valence-corrected chi connectivity index (χ2v) is 4.02. The molecule has 0 aromatic carbocycles. The summed E-state index contributed by atoms with van der Waals surface area (Å²) >= 11 is 0. The molecule has 0 spiro atoms. The topological polar surface area (TPSA) is 35.5 Å². The lowest BCUT2D eigenvalue weighted by Crippen LogP contribution is -2.42. The van der Waals surface area contributed by atoms with Crippen LogP contribution in [0.25, 0.3) is 0 Å². The van der Waals surface area contributed by atoms with E-state index in [1.165, 1.54) is 13.0 Å². The normalized spacial score (nSPS) is 32.3. The molecule has 0 saturated carbocycles. The molecular weight excluding hydrogens is 164 g/mol. The fraction of sp³-hybridized carbons (Fsp3) is 1.00. The van der Waals surface area contributed by atoms with Crippen LogP contribution >= 0.6 is 0 Å². The van der Waals surface area contributed by atoms with E-state index >= 15 is 0 Å². The molecule has 3 atom stereocenters. The third-order valence-corrected chi connectivity index (χ3v) is 2.97. The third kappa shape index (κ3) is 2.93. The Balaban J connectivity index is 2.28. The highest BCUT2D eigenvalue weighted by Crippen LogP contribution is 2.16. The number of nitrogens with zero attached hydrogens (tertiary/aromatic N) is 1. The van der Waals surface area contributed by atoms with Crippen molar-refractivity contribution >= 4 is 0 Å². The number of hydrogen-bond donors (Lipinski definition) is 2. The zero-order valence-corrected chi connectivity index (χ0v) is 8.95. The van der Waals surface area contributed by atoms with Gasteiger partial charge in [0.1, 0.15) is 0 Å². The quantitative estimate of drug-likeness (QED) is 0.669. The summed E-state index contributed by atoms with van der Waals surface area (Å²) in [6.07, 6.45) is 0.977. The van der Waals surface area contributed by atoms with Crippen molar-refractivity contribution in [1.29, 1.82) is 0 Å². The lowest BCUT2D eigenvalue weighted by molar-refractivity contribution is 0.180. The first-order valence-electron chi connectivity index (χ1n) is 5.30. The highest BCUT2D eigenvalue weighted by molar-refractivity contribution is 4.88. The van der Waals surface area contributed by atoms with E-state index in [1.807, 2.05) is 6.92 Å². The molecule has 0 radical (unpaired) electrons. The van der Waals surface area contributed by atoms with Crippen LogP contribution in [0, 0.1) is 0 Å². The Labute approximate surface area is 81.1 Å². The van der Waals surface area contributed by atoms with E-state index in [4.69, 9.17) is 5.11 Å². The Hall–Kier alpha value is -0.120. The second-order valence-electron chi connectivity index (χ2n) is 4.02. The Morgan fingerprint density at radius 2 is 2.31 bits per heavy atom. The fourth-order valence-corrected chi connectivity index (χ4v) is 2.04. The summed E-state index contributed by atoms with van der Waals surface area (Å²) in [7, 11) is 0. The zero-order chi connectivity index (χ0) is 9.84. The van der Waals surface area contributed by atoms with Crippen molar-refractivity contribution in [2.24, 2.45) is 0 Å². The maximum atomic E-state index is 9.15. The maximum absolute atomic E-state index is 9.15. The summed E-state index contributed by atoms with van der Waals surface area (Å²) in [5, 5.41) is 12.5. The van der Waals surface area contributed by atoms with E-state index in [9.17, 15) is 0 Å². The molecule has 0 aliphatic carbocycles. The molecule has 3 unspecified atom stereocenters. The van der Waals surface area contributed by atoms with Crippen LogP contribution in [0.2, 0.25) is 0 Å². The van der Waals surface area contributed by atoms with Crippen molar-refractivity contribution in [2.45, 2.75) is 45.4 Å². The van der Waals surface area contributed by atoms with Gasteiger partial charge in [0.15, 0.2) is 0 Å². The van der Waals surface area contributed by atoms with Crippen molar-refractivity contribution in [1.82, 2.24) is 10.2 Å². The monoisotopic (exact) mass is 186 g/mol. The highest BCUT2D eigenvalue weighted by Gasteiger charge is 2.28. The summed E-state index contributed by atoms with van der Waals surface area (Å²) in [6, 6.07) is 1.18. The van der Waals surface area contributed by atoms with E-state index < -0.39 is 0 Å². The van der Waals surface area contributed by atoms with Gasteiger partial charge in [-0.25, -0.2) is 0 Å². The number of hydrogen-bond acceptors (Lipinski definition) is 3. The van der Waals surface area contributed by atoms with Crippen LogP contribution in [0.4, 0.5) is 0 Å². The largest absolute Gasteiger partial charge is 0.392 e. The van der Waals surface area contributed by atoms with Crippen LogP contribution in [0.5, 0.6) is 0 Å². The predicted molar refractivity (Wildman–Crippen MR) is 54.8 cm³/mol. The summed E-state index contributed by atoms with van der Waals surface area (Å²) in [5.41, 5.74) is 0. The molecule has 1 heterocycles. The van der Waals surface area contributed by atoms with Crippen LogP contribution in [-0.4, -0.2) is 47.8 Å². The first-order chi connectivity index (χ1) is 6.15. The van der Waals surface area contributed by atoms with E-state index in [1.54, 1.807) is 0 Å². The third-order valence-electron chi connectivity index (χ3n) is 2.97. The van der Waals surface area contributed by atoms with Gasteiger partial charge in [0.05, 0.1) is 6.10 Å². The van der Waals surface area contributed by atoms with Gasteiger partial charge in [0.25, 0.3) is 0 Å². The van der Waals surface area contributed by atoms with E-state index in [-0.39, 0.29) is 6.10 Å². The molecule has 1 fully saturated rings. The number of aliphatic hydroxyl groups is 1. The maximum Gasteiger partial charge on any atom is 0.0636 e. The molecule has 78 valence electrons. The molecular formula is C10H22N2O. The van der Waals surface area contributed by atoms with Gasteiger partial charge in [-0.05, 0) is 26.8 Å². The Kier molecular flexibility index (Phi) is 4.16. The first kappa shape index (κ1) is 11.0. The molecule has 1 aliphatic heterocycles.